The molecule has 0 N–H and O–H groups in total. The van der Waals surface area contributed by atoms with Crippen molar-refractivity contribution in [1.82, 2.24) is 0 Å². The first kappa shape index (κ1) is 8.55. The van der Waals surface area contributed by atoms with Gasteiger partial charge >= 0.3 is 0 Å². The van der Waals surface area contributed by atoms with Crippen LogP contribution in [0.3, 0.4) is 0 Å². The van der Waals surface area contributed by atoms with Crippen LogP contribution in [-0.4, -0.2) is 6.29 Å². The van der Waals surface area contributed by atoms with Crippen molar-refractivity contribution in [1.29, 1.82) is 0 Å². The smallest absolute Gasteiger partial charge is 0.123 e. The van der Waals surface area contributed by atoms with Crippen LogP contribution in [-0.2, 0) is 4.79 Å². The molecule has 0 unspecified atom stereocenters. The normalized spacial score (nSPS) is 63.8. The zero-order chi connectivity index (χ0) is 10.2. The highest BCUT2D eigenvalue weighted by Crippen LogP contribution is 2.68. The molecule has 0 spiro atoms. The molecule has 0 aromatic carbocycles. The van der Waals surface area contributed by atoms with E-state index in [-0.39, 0.29) is 0 Å². The van der Waals surface area contributed by atoms with E-state index >= 15 is 0 Å². The van der Waals surface area contributed by atoms with Gasteiger partial charge in [-0.3, -0.25) is 0 Å². The minimum Gasteiger partial charge on any atom is -0.303 e. The van der Waals surface area contributed by atoms with Gasteiger partial charge in [-0.25, -0.2) is 0 Å². The van der Waals surface area contributed by atoms with Crippen LogP contribution in [0.4, 0.5) is 0 Å². The third-order valence-electron chi connectivity index (χ3n) is 6.05. The van der Waals surface area contributed by atoms with Crippen LogP contribution < -0.4 is 0 Å². The minimum absolute atomic E-state index is 0.393. The molecule has 15 heavy (non-hydrogen) atoms. The van der Waals surface area contributed by atoms with Crippen molar-refractivity contribution in [2.45, 2.75) is 19.8 Å². The van der Waals surface area contributed by atoms with E-state index in [2.05, 4.69) is 19.1 Å². The molecule has 4 rings (SSSR count). The summed E-state index contributed by atoms with van der Waals surface area (Å²) in [4.78, 5) is 11.2. The largest absolute Gasteiger partial charge is 0.303 e. The Morgan fingerprint density at radius 3 is 2.40 bits per heavy atom. The molecule has 3 fully saturated rings. The number of aldehydes is 1. The quantitative estimate of drug-likeness (QED) is 0.363. The molecule has 8 atom stereocenters. The van der Waals surface area contributed by atoms with Gasteiger partial charge < -0.3 is 4.79 Å². The highest BCUT2D eigenvalue weighted by molar-refractivity contribution is 5.56. The summed E-state index contributed by atoms with van der Waals surface area (Å²) in [5.41, 5.74) is 0. The summed E-state index contributed by atoms with van der Waals surface area (Å²) < 4.78 is 0. The second-order valence-corrected chi connectivity index (χ2v) is 6.24. The number of rotatable bonds is 1. The van der Waals surface area contributed by atoms with Crippen molar-refractivity contribution < 1.29 is 4.79 Å². The first-order valence-corrected chi connectivity index (χ1v) is 6.45. The highest BCUT2D eigenvalue weighted by atomic mass is 16.1. The topological polar surface area (TPSA) is 17.1 Å². The second kappa shape index (κ2) is 2.56. The Balaban J connectivity index is 1.76. The van der Waals surface area contributed by atoms with Crippen LogP contribution in [0.25, 0.3) is 0 Å². The molecular formula is C14H18O. The molecule has 0 saturated heterocycles. The SMILES string of the molecule is C[C@@H]1[C@@H](C=O)[C@@H]2C[C@H]1[C@@H]1[C@@H]2[C@H]2C=C[C@H]1C2. The van der Waals surface area contributed by atoms with Crippen molar-refractivity contribution in [3.63, 3.8) is 0 Å². The molecule has 3 saturated carbocycles. The number of carbonyl (C=O) groups is 1. The number of fused-ring (bicyclic) bond motifs is 9. The number of hydrogen-bond donors (Lipinski definition) is 0. The number of allylic oxidation sites excluding steroid dienone is 2. The fraction of sp³-hybridized carbons (Fsp3) is 0.786. The molecule has 0 heterocycles. The molecule has 4 aliphatic rings. The first-order chi connectivity index (χ1) is 7.31. The lowest BCUT2D eigenvalue weighted by atomic mass is 9.66. The highest BCUT2D eigenvalue weighted by Gasteiger charge is 2.63. The summed E-state index contributed by atoms with van der Waals surface area (Å²) in [6.45, 7) is 2.32. The van der Waals surface area contributed by atoms with E-state index in [1.807, 2.05) is 0 Å². The summed E-state index contributed by atoms with van der Waals surface area (Å²) in [7, 11) is 0. The van der Waals surface area contributed by atoms with E-state index in [1.54, 1.807) is 0 Å². The summed E-state index contributed by atoms with van der Waals surface area (Å²) >= 11 is 0. The van der Waals surface area contributed by atoms with Gasteiger partial charge in [-0.1, -0.05) is 19.1 Å². The van der Waals surface area contributed by atoms with Crippen molar-refractivity contribution in [3.05, 3.63) is 12.2 Å². The first-order valence-electron chi connectivity index (χ1n) is 6.45. The molecule has 4 bridgehead atoms. The predicted octanol–water partition coefficient (Wildman–Crippen LogP) is 2.53. The lowest BCUT2D eigenvalue weighted by molar-refractivity contribution is -0.115. The van der Waals surface area contributed by atoms with Crippen LogP contribution in [0.2, 0.25) is 0 Å². The molecule has 1 nitrogen and oxygen atoms in total. The average molecular weight is 202 g/mol. The van der Waals surface area contributed by atoms with Crippen molar-refractivity contribution >= 4 is 6.29 Å². The third-order valence-corrected chi connectivity index (χ3v) is 6.05. The summed E-state index contributed by atoms with van der Waals surface area (Å²) in [5, 5.41) is 0. The maximum absolute atomic E-state index is 11.2. The van der Waals surface area contributed by atoms with Gasteiger partial charge in [0.2, 0.25) is 0 Å². The molecule has 0 amide bonds. The maximum Gasteiger partial charge on any atom is 0.123 e. The molecular weight excluding hydrogens is 184 g/mol. The van der Waals surface area contributed by atoms with Crippen LogP contribution in [0, 0.1) is 47.3 Å². The van der Waals surface area contributed by atoms with Crippen LogP contribution in [0.5, 0.6) is 0 Å². The maximum atomic E-state index is 11.2. The standard InChI is InChI=1S/C14H18O/c1-7-10-5-11(12(7)6-15)14-9-3-2-8(4-9)13(10)14/h2-3,6-14H,4-5H2,1H3/t7-,8-,9-,10+,11-,12+,13+,14+/m0/s1. The lowest BCUT2D eigenvalue weighted by Gasteiger charge is -2.38. The Hall–Kier alpha value is -0.590. The van der Waals surface area contributed by atoms with Crippen molar-refractivity contribution in [3.8, 4) is 0 Å². The van der Waals surface area contributed by atoms with E-state index in [0.29, 0.717) is 11.8 Å². The molecule has 0 aromatic rings. The van der Waals surface area contributed by atoms with E-state index in [4.69, 9.17) is 0 Å². The fourth-order valence-electron chi connectivity index (χ4n) is 5.61. The van der Waals surface area contributed by atoms with Gasteiger partial charge in [0.1, 0.15) is 6.29 Å². The summed E-state index contributed by atoms with van der Waals surface area (Å²) in [6, 6.07) is 0. The Morgan fingerprint density at radius 2 is 1.73 bits per heavy atom. The minimum atomic E-state index is 0.393. The zero-order valence-corrected chi connectivity index (χ0v) is 9.17. The number of hydrogen-bond acceptors (Lipinski definition) is 1. The molecule has 0 aromatic heterocycles. The fourth-order valence-corrected chi connectivity index (χ4v) is 5.61. The molecule has 0 aliphatic heterocycles. The number of carbonyl (C=O) groups excluding carboxylic acids is 1. The van der Waals surface area contributed by atoms with Gasteiger partial charge in [0.25, 0.3) is 0 Å². The van der Waals surface area contributed by atoms with Crippen LogP contribution in [0.1, 0.15) is 19.8 Å². The Labute approximate surface area is 90.9 Å². The third kappa shape index (κ3) is 0.811. The van der Waals surface area contributed by atoms with Gasteiger partial charge in [-0.05, 0) is 54.3 Å². The molecule has 4 aliphatic carbocycles. The average Bonchev–Trinajstić information content (AvgIpc) is 2.94. The molecule has 1 heteroatoms. The van der Waals surface area contributed by atoms with Gasteiger partial charge in [0.15, 0.2) is 0 Å². The predicted molar refractivity (Wildman–Crippen MR) is 58.0 cm³/mol. The van der Waals surface area contributed by atoms with Gasteiger partial charge in [0, 0.05) is 5.92 Å². The van der Waals surface area contributed by atoms with E-state index in [1.165, 1.54) is 19.1 Å². The van der Waals surface area contributed by atoms with Crippen LogP contribution in [0.15, 0.2) is 12.2 Å². The Kier molecular flexibility index (Phi) is 1.46. The summed E-state index contributed by atoms with van der Waals surface area (Å²) in [6.07, 6.45) is 8.94. The Morgan fingerprint density at radius 1 is 1.07 bits per heavy atom. The zero-order valence-electron chi connectivity index (χ0n) is 9.17. The molecule has 80 valence electrons. The van der Waals surface area contributed by atoms with E-state index < -0.39 is 0 Å². The van der Waals surface area contributed by atoms with Crippen LogP contribution >= 0.6 is 0 Å². The van der Waals surface area contributed by atoms with Gasteiger partial charge in [-0.15, -0.1) is 0 Å². The van der Waals surface area contributed by atoms with Crippen molar-refractivity contribution in [2.24, 2.45) is 47.3 Å². The molecule has 0 radical (unpaired) electrons. The lowest BCUT2D eigenvalue weighted by Crippen LogP contribution is -2.36. The monoisotopic (exact) mass is 202 g/mol. The van der Waals surface area contributed by atoms with E-state index in [0.717, 1.165) is 35.5 Å². The Bertz CT molecular complexity index is 345. The van der Waals surface area contributed by atoms with Crippen molar-refractivity contribution in [2.75, 3.05) is 0 Å². The van der Waals surface area contributed by atoms with Gasteiger partial charge in [0.05, 0.1) is 0 Å². The summed E-state index contributed by atoms with van der Waals surface area (Å²) in [5.74, 6) is 6.23. The van der Waals surface area contributed by atoms with E-state index in [9.17, 15) is 4.79 Å². The second-order valence-electron chi connectivity index (χ2n) is 6.24. The van der Waals surface area contributed by atoms with Gasteiger partial charge in [-0.2, -0.15) is 0 Å².